The van der Waals surface area contributed by atoms with Crippen molar-refractivity contribution in [1.82, 2.24) is 10.6 Å². The number of alkyl halides is 2. The maximum atomic E-state index is 12.6. The number of benzene rings is 1. The summed E-state index contributed by atoms with van der Waals surface area (Å²) < 4.78 is 35.1. The van der Waals surface area contributed by atoms with Crippen molar-refractivity contribution in [3.63, 3.8) is 0 Å². The molecule has 0 amide bonds. The molecule has 0 bridgehead atoms. The van der Waals surface area contributed by atoms with Crippen LogP contribution in [0.15, 0.2) is 52.1 Å². The van der Waals surface area contributed by atoms with Gasteiger partial charge in [0.05, 0.1) is 18.5 Å². The average molecular weight is 492 g/mol. The smallest absolute Gasteiger partial charge is 0.387 e. The first kappa shape index (κ1) is 21.3. The van der Waals surface area contributed by atoms with Gasteiger partial charge in [0.25, 0.3) is 0 Å². The minimum Gasteiger partial charge on any atom is -0.467 e. The number of furan rings is 1. The number of hydrogen-bond acceptors (Lipinski definition) is 4. The summed E-state index contributed by atoms with van der Waals surface area (Å²) in [6.07, 6.45) is 2.49. The lowest BCUT2D eigenvalue weighted by Crippen LogP contribution is -2.44. The quantitative estimate of drug-likeness (QED) is 0.368. The van der Waals surface area contributed by atoms with Crippen molar-refractivity contribution >= 4 is 35.6 Å². The number of hydrogen-bond donors (Lipinski definition) is 2. The molecule has 3 rings (SSSR count). The summed E-state index contributed by atoms with van der Waals surface area (Å²) in [4.78, 5) is 6.25. The maximum absolute atomic E-state index is 12.6. The Labute approximate surface area is 174 Å². The summed E-state index contributed by atoms with van der Waals surface area (Å²) in [5.74, 6) is 1.69. The lowest BCUT2D eigenvalue weighted by atomic mass is 10.2. The van der Waals surface area contributed by atoms with Crippen LogP contribution in [0.3, 0.4) is 0 Å². The van der Waals surface area contributed by atoms with E-state index in [0.717, 1.165) is 18.7 Å². The number of guanidine groups is 1. The Balaban J connectivity index is 0.00000261. The summed E-state index contributed by atoms with van der Waals surface area (Å²) in [5.41, 5.74) is 0.677. The van der Waals surface area contributed by atoms with Crippen molar-refractivity contribution < 1.29 is 17.9 Å². The fraction of sp³-hybridized carbons (Fsp3) is 0.389. The van der Waals surface area contributed by atoms with Crippen LogP contribution in [0.5, 0.6) is 5.75 Å². The molecule has 2 heterocycles. The number of para-hydroxylation sites is 2. The SMILES string of the molecule is CN=C(NCc1ccco1)NC1CCN(c2ccccc2OC(F)F)C1.I. The van der Waals surface area contributed by atoms with E-state index in [4.69, 9.17) is 4.42 Å². The van der Waals surface area contributed by atoms with Crippen LogP contribution in [0.1, 0.15) is 12.2 Å². The van der Waals surface area contributed by atoms with Crippen molar-refractivity contribution in [3.8, 4) is 5.75 Å². The number of ether oxygens (including phenoxy) is 1. The first-order valence-electron chi connectivity index (χ1n) is 8.44. The molecule has 2 N–H and O–H groups in total. The molecule has 1 aliphatic rings. The van der Waals surface area contributed by atoms with Gasteiger partial charge in [-0.2, -0.15) is 8.78 Å². The van der Waals surface area contributed by atoms with Gasteiger partial charge in [0.2, 0.25) is 0 Å². The summed E-state index contributed by atoms with van der Waals surface area (Å²) in [7, 11) is 1.70. The third-order valence-corrected chi connectivity index (χ3v) is 4.18. The summed E-state index contributed by atoms with van der Waals surface area (Å²) in [5, 5.41) is 6.55. The van der Waals surface area contributed by atoms with Gasteiger partial charge in [-0.25, -0.2) is 0 Å². The number of anilines is 1. The molecule has 0 saturated carbocycles. The molecule has 148 valence electrons. The molecule has 1 saturated heterocycles. The van der Waals surface area contributed by atoms with E-state index >= 15 is 0 Å². The van der Waals surface area contributed by atoms with Crippen molar-refractivity contribution in [1.29, 1.82) is 0 Å². The molecule has 0 spiro atoms. The fourth-order valence-corrected chi connectivity index (χ4v) is 2.98. The number of aliphatic imine (C=N–C) groups is 1. The molecule has 2 aromatic rings. The zero-order valence-corrected chi connectivity index (χ0v) is 17.2. The van der Waals surface area contributed by atoms with Crippen LogP contribution in [0, 0.1) is 0 Å². The lowest BCUT2D eigenvalue weighted by molar-refractivity contribution is -0.0495. The Hall–Kier alpha value is -2.04. The predicted molar refractivity (Wildman–Crippen MR) is 111 cm³/mol. The van der Waals surface area contributed by atoms with Crippen LogP contribution in [0.4, 0.5) is 14.5 Å². The highest BCUT2D eigenvalue weighted by atomic mass is 127. The van der Waals surface area contributed by atoms with E-state index in [1.165, 1.54) is 0 Å². The molecule has 9 heteroatoms. The molecule has 1 aromatic carbocycles. The molecule has 0 radical (unpaired) electrons. The number of halogens is 3. The van der Waals surface area contributed by atoms with Gasteiger partial charge in [0, 0.05) is 26.2 Å². The normalized spacial score (nSPS) is 17.0. The van der Waals surface area contributed by atoms with Crippen LogP contribution in [0.2, 0.25) is 0 Å². The summed E-state index contributed by atoms with van der Waals surface area (Å²) >= 11 is 0. The molecule has 1 fully saturated rings. The molecule has 27 heavy (non-hydrogen) atoms. The van der Waals surface area contributed by atoms with E-state index in [2.05, 4.69) is 20.4 Å². The summed E-state index contributed by atoms with van der Waals surface area (Å²) in [6, 6.07) is 10.7. The molecule has 0 aliphatic carbocycles. The van der Waals surface area contributed by atoms with E-state index in [-0.39, 0.29) is 35.8 Å². The largest absolute Gasteiger partial charge is 0.467 e. The van der Waals surface area contributed by atoms with Gasteiger partial charge in [-0.05, 0) is 30.7 Å². The van der Waals surface area contributed by atoms with E-state index in [0.29, 0.717) is 24.7 Å². The third-order valence-electron chi connectivity index (χ3n) is 4.18. The third kappa shape index (κ3) is 5.98. The van der Waals surface area contributed by atoms with Gasteiger partial charge >= 0.3 is 6.61 Å². The first-order chi connectivity index (χ1) is 12.7. The van der Waals surface area contributed by atoms with Crippen molar-refractivity contribution in [2.75, 3.05) is 25.0 Å². The van der Waals surface area contributed by atoms with E-state index in [1.807, 2.05) is 23.1 Å². The second-order valence-corrected chi connectivity index (χ2v) is 5.93. The first-order valence-corrected chi connectivity index (χ1v) is 8.44. The zero-order chi connectivity index (χ0) is 18.4. The second-order valence-electron chi connectivity index (χ2n) is 5.93. The van der Waals surface area contributed by atoms with Crippen LogP contribution in [0.25, 0.3) is 0 Å². The van der Waals surface area contributed by atoms with Gasteiger partial charge in [-0.3, -0.25) is 4.99 Å². The van der Waals surface area contributed by atoms with Crippen LogP contribution in [-0.4, -0.2) is 38.8 Å². The zero-order valence-electron chi connectivity index (χ0n) is 14.9. The minimum atomic E-state index is -2.84. The number of nitrogens with one attached hydrogen (secondary N) is 2. The van der Waals surface area contributed by atoms with E-state index in [1.54, 1.807) is 31.5 Å². The Morgan fingerprint density at radius 1 is 1.33 bits per heavy atom. The van der Waals surface area contributed by atoms with Crippen LogP contribution in [-0.2, 0) is 6.54 Å². The molecule has 1 aliphatic heterocycles. The highest BCUT2D eigenvalue weighted by Gasteiger charge is 2.26. The molecule has 1 aromatic heterocycles. The summed E-state index contributed by atoms with van der Waals surface area (Å²) in [6.45, 7) is -0.882. The van der Waals surface area contributed by atoms with Gasteiger partial charge in [0.15, 0.2) is 5.96 Å². The Morgan fingerprint density at radius 2 is 2.15 bits per heavy atom. The Morgan fingerprint density at radius 3 is 2.85 bits per heavy atom. The second kappa shape index (κ2) is 10.3. The number of rotatable bonds is 6. The maximum Gasteiger partial charge on any atom is 0.387 e. The fourth-order valence-electron chi connectivity index (χ4n) is 2.98. The predicted octanol–water partition coefficient (Wildman–Crippen LogP) is 3.44. The molecule has 1 unspecified atom stereocenters. The molecule has 1 atom stereocenters. The molecular formula is C18H23F2IN4O2. The molecular weight excluding hydrogens is 469 g/mol. The standard InChI is InChI=1S/C18H22F2N4O2.HI/c1-21-18(22-11-14-5-4-10-25-14)23-13-8-9-24(12-13)15-6-2-3-7-16(15)26-17(19)20;/h2-7,10,13,17H,8-9,11-12H2,1H3,(H2,21,22,23);1H. The van der Waals surface area contributed by atoms with Crippen LogP contribution < -0.4 is 20.3 Å². The van der Waals surface area contributed by atoms with Crippen molar-refractivity contribution in [2.45, 2.75) is 25.6 Å². The van der Waals surface area contributed by atoms with E-state index < -0.39 is 6.61 Å². The van der Waals surface area contributed by atoms with Gasteiger partial charge < -0.3 is 24.7 Å². The monoisotopic (exact) mass is 492 g/mol. The highest BCUT2D eigenvalue weighted by Crippen LogP contribution is 2.31. The Bertz CT molecular complexity index is 728. The van der Waals surface area contributed by atoms with Gasteiger partial charge in [0.1, 0.15) is 11.5 Å². The van der Waals surface area contributed by atoms with Crippen molar-refractivity contribution in [3.05, 3.63) is 48.4 Å². The van der Waals surface area contributed by atoms with Gasteiger partial charge in [-0.15, -0.1) is 24.0 Å². The number of nitrogens with zero attached hydrogens (tertiary/aromatic N) is 2. The van der Waals surface area contributed by atoms with Crippen LogP contribution >= 0.6 is 24.0 Å². The van der Waals surface area contributed by atoms with E-state index in [9.17, 15) is 8.78 Å². The average Bonchev–Trinajstić information content (AvgIpc) is 3.30. The topological polar surface area (TPSA) is 62.0 Å². The Kier molecular flexibility index (Phi) is 8.14. The molecule has 6 nitrogen and oxygen atoms in total. The minimum absolute atomic E-state index is 0. The highest BCUT2D eigenvalue weighted by molar-refractivity contribution is 14.0. The lowest BCUT2D eigenvalue weighted by Gasteiger charge is -2.22. The van der Waals surface area contributed by atoms with Gasteiger partial charge in [-0.1, -0.05) is 12.1 Å². The van der Waals surface area contributed by atoms with Crippen molar-refractivity contribution in [2.24, 2.45) is 4.99 Å².